The molecule has 17 heavy (non-hydrogen) atoms. The number of nitrogens with one attached hydrogen (secondary N) is 1. The molecule has 0 rings (SSSR count). The lowest BCUT2D eigenvalue weighted by Crippen LogP contribution is -2.71. The van der Waals surface area contributed by atoms with Crippen LogP contribution in [0.25, 0.3) is 0 Å². The molecule has 0 saturated carbocycles. The number of nitrogens with two attached hydrogens (primary N) is 1. The number of carboxylic acids is 1. The topological polar surface area (TPSA) is 140 Å². The molecule has 7 heteroatoms. The monoisotopic (exact) mass is 245 g/mol. The quantitative estimate of drug-likeness (QED) is 0.433. The van der Waals surface area contributed by atoms with E-state index in [2.05, 4.69) is 11.1 Å². The summed E-state index contributed by atoms with van der Waals surface area (Å²) >= 11 is 0. The molecule has 0 bridgehead atoms. The van der Waals surface area contributed by atoms with E-state index < -0.39 is 36.3 Å². The number of rotatable bonds is 7. The normalized spacial score (nSPS) is 15.7. The summed E-state index contributed by atoms with van der Waals surface area (Å²) in [6.45, 7) is 3.73. The van der Waals surface area contributed by atoms with Crippen LogP contribution in [0.1, 0.15) is 26.7 Å². The Morgan fingerprint density at radius 2 is 1.94 bits per heavy atom. The minimum absolute atomic E-state index is 0.0194. The van der Waals surface area contributed by atoms with E-state index in [0.29, 0.717) is 0 Å². The number of amides is 2. The summed E-state index contributed by atoms with van der Waals surface area (Å²) in [6.07, 6.45) is 0.259. The number of hydrogen-bond acceptors (Lipinski definition) is 4. The van der Waals surface area contributed by atoms with Gasteiger partial charge in [0.25, 0.3) is 5.91 Å². The molecule has 0 spiro atoms. The Morgan fingerprint density at radius 1 is 1.41 bits per heavy atom. The van der Waals surface area contributed by atoms with E-state index in [-0.39, 0.29) is 5.92 Å². The molecule has 0 unspecified atom stereocenters. The van der Waals surface area contributed by atoms with Gasteiger partial charge in [-0.05, 0) is 6.42 Å². The first-order chi connectivity index (χ1) is 7.79. The van der Waals surface area contributed by atoms with Crippen LogP contribution >= 0.6 is 0 Å². The van der Waals surface area contributed by atoms with Crippen molar-refractivity contribution in [1.82, 2.24) is 5.32 Å². The molecule has 0 fully saturated rings. The lowest BCUT2D eigenvalue weighted by molar-refractivity contribution is -0.415. The SMILES string of the molecule is CC[C@H](C)[C@H]([NH3+])C(=O)N[C@@H](CC(N)=O)C(=O)[O-]. The van der Waals surface area contributed by atoms with Crippen molar-refractivity contribution in [2.24, 2.45) is 11.7 Å². The van der Waals surface area contributed by atoms with Crippen LogP contribution in [-0.2, 0) is 14.4 Å². The van der Waals surface area contributed by atoms with Crippen molar-refractivity contribution in [2.75, 3.05) is 0 Å². The van der Waals surface area contributed by atoms with Crippen molar-refractivity contribution in [3.63, 3.8) is 0 Å². The molecule has 98 valence electrons. The second kappa shape index (κ2) is 6.85. The summed E-state index contributed by atoms with van der Waals surface area (Å²) in [5.74, 6) is -2.85. The van der Waals surface area contributed by atoms with Gasteiger partial charge in [0.1, 0.15) is 0 Å². The highest BCUT2D eigenvalue weighted by Crippen LogP contribution is 2.04. The fourth-order valence-corrected chi connectivity index (χ4v) is 1.22. The summed E-state index contributed by atoms with van der Waals surface area (Å²) in [5, 5.41) is 12.9. The van der Waals surface area contributed by atoms with Crippen molar-refractivity contribution in [1.29, 1.82) is 0 Å². The van der Waals surface area contributed by atoms with Crippen molar-refractivity contribution in [3.8, 4) is 0 Å². The molecule has 0 saturated heterocycles. The predicted octanol–water partition coefficient (Wildman–Crippen LogP) is -3.25. The van der Waals surface area contributed by atoms with Gasteiger partial charge in [0.15, 0.2) is 6.04 Å². The largest absolute Gasteiger partial charge is 0.548 e. The zero-order valence-electron chi connectivity index (χ0n) is 10.1. The summed E-state index contributed by atoms with van der Waals surface area (Å²) in [6, 6.07) is -1.97. The van der Waals surface area contributed by atoms with Gasteiger partial charge in [0.2, 0.25) is 5.91 Å². The van der Waals surface area contributed by atoms with Crippen LogP contribution in [0.15, 0.2) is 0 Å². The van der Waals surface area contributed by atoms with E-state index in [9.17, 15) is 19.5 Å². The fraction of sp³-hybridized carbons (Fsp3) is 0.700. The Balaban J connectivity index is 4.50. The molecule has 2 amide bonds. The number of primary amides is 1. The van der Waals surface area contributed by atoms with Crippen LogP contribution in [0, 0.1) is 5.92 Å². The molecule has 0 aromatic rings. The molecular formula is C10H19N3O4. The van der Waals surface area contributed by atoms with E-state index >= 15 is 0 Å². The first-order valence-corrected chi connectivity index (χ1v) is 5.42. The molecule has 6 N–H and O–H groups in total. The Hall–Kier alpha value is -1.63. The van der Waals surface area contributed by atoms with Gasteiger partial charge in [-0.3, -0.25) is 9.59 Å². The number of quaternary nitrogens is 1. The highest BCUT2D eigenvalue weighted by Gasteiger charge is 2.26. The third-order valence-electron chi connectivity index (χ3n) is 2.67. The van der Waals surface area contributed by atoms with E-state index in [0.717, 1.165) is 6.42 Å². The Labute approximate surface area is 99.5 Å². The van der Waals surface area contributed by atoms with Gasteiger partial charge in [-0.1, -0.05) is 13.8 Å². The summed E-state index contributed by atoms with van der Waals surface area (Å²) in [7, 11) is 0. The van der Waals surface area contributed by atoms with Gasteiger partial charge in [-0.15, -0.1) is 0 Å². The Kier molecular flexibility index (Phi) is 6.19. The van der Waals surface area contributed by atoms with E-state index in [1.165, 1.54) is 0 Å². The van der Waals surface area contributed by atoms with Crippen LogP contribution < -0.4 is 21.9 Å². The Morgan fingerprint density at radius 3 is 2.29 bits per heavy atom. The summed E-state index contributed by atoms with van der Waals surface area (Å²) in [5.41, 5.74) is 8.53. The summed E-state index contributed by atoms with van der Waals surface area (Å²) in [4.78, 5) is 32.9. The minimum Gasteiger partial charge on any atom is -0.548 e. The van der Waals surface area contributed by atoms with Gasteiger partial charge in [0, 0.05) is 5.92 Å². The van der Waals surface area contributed by atoms with Crippen molar-refractivity contribution >= 4 is 17.8 Å². The molecule has 0 radical (unpaired) electrons. The molecule has 0 aliphatic carbocycles. The maximum absolute atomic E-state index is 11.6. The molecule has 0 aromatic heterocycles. The average Bonchev–Trinajstić information content (AvgIpc) is 2.25. The Bertz CT molecular complexity index is 306. The van der Waals surface area contributed by atoms with Crippen molar-refractivity contribution < 1.29 is 25.2 Å². The first kappa shape index (κ1) is 15.4. The van der Waals surface area contributed by atoms with Crippen molar-refractivity contribution in [3.05, 3.63) is 0 Å². The number of hydrogen-bond donors (Lipinski definition) is 3. The fourth-order valence-electron chi connectivity index (χ4n) is 1.22. The molecule has 7 nitrogen and oxygen atoms in total. The predicted molar refractivity (Wildman–Crippen MR) is 56.9 cm³/mol. The van der Waals surface area contributed by atoms with Gasteiger partial charge >= 0.3 is 0 Å². The van der Waals surface area contributed by atoms with Crippen LogP contribution in [-0.4, -0.2) is 29.9 Å². The number of carboxylic acid groups (broad SMARTS) is 1. The standard InChI is InChI=1S/C10H19N3O4/c1-3-5(2)8(12)9(15)13-6(10(16)17)4-7(11)14/h5-6,8H,3-4,12H2,1-2H3,(H2,11,14)(H,13,15)(H,16,17)/t5-,6-,8-/m0/s1. The van der Waals surface area contributed by atoms with Gasteiger partial charge in [0.05, 0.1) is 18.4 Å². The smallest absolute Gasteiger partial charge is 0.278 e. The van der Waals surface area contributed by atoms with E-state index in [4.69, 9.17) is 5.73 Å². The third-order valence-corrected chi connectivity index (χ3v) is 2.67. The second-order valence-electron chi connectivity index (χ2n) is 4.04. The first-order valence-electron chi connectivity index (χ1n) is 5.42. The van der Waals surface area contributed by atoms with Gasteiger partial charge in [-0.25, -0.2) is 0 Å². The lowest BCUT2D eigenvalue weighted by Gasteiger charge is -2.21. The highest BCUT2D eigenvalue weighted by atomic mass is 16.4. The number of carbonyl (C=O) groups is 3. The van der Waals surface area contributed by atoms with Crippen LogP contribution in [0.3, 0.4) is 0 Å². The van der Waals surface area contributed by atoms with E-state index in [1.54, 1.807) is 0 Å². The maximum atomic E-state index is 11.6. The van der Waals surface area contributed by atoms with Crippen LogP contribution in [0.5, 0.6) is 0 Å². The second-order valence-corrected chi connectivity index (χ2v) is 4.04. The van der Waals surface area contributed by atoms with Crippen LogP contribution in [0.4, 0.5) is 0 Å². The minimum atomic E-state index is -1.53. The highest BCUT2D eigenvalue weighted by molar-refractivity contribution is 5.88. The number of carbonyl (C=O) groups excluding carboxylic acids is 3. The third kappa shape index (κ3) is 5.30. The van der Waals surface area contributed by atoms with E-state index in [1.807, 2.05) is 13.8 Å². The van der Waals surface area contributed by atoms with Gasteiger partial charge < -0.3 is 26.7 Å². The molecule has 0 heterocycles. The molecule has 0 aliphatic rings. The zero-order chi connectivity index (χ0) is 13.6. The van der Waals surface area contributed by atoms with Crippen LogP contribution in [0.2, 0.25) is 0 Å². The number of aliphatic carboxylic acids is 1. The molecule has 3 atom stereocenters. The maximum Gasteiger partial charge on any atom is 0.278 e. The van der Waals surface area contributed by atoms with Crippen molar-refractivity contribution in [2.45, 2.75) is 38.8 Å². The zero-order valence-corrected chi connectivity index (χ0v) is 10.1. The lowest BCUT2D eigenvalue weighted by atomic mass is 9.99. The van der Waals surface area contributed by atoms with Gasteiger partial charge in [-0.2, -0.15) is 0 Å². The average molecular weight is 245 g/mol. The molecular weight excluding hydrogens is 226 g/mol. The molecule has 0 aromatic carbocycles. The summed E-state index contributed by atoms with van der Waals surface area (Å²) < 4.78 is 0. The molecule has 0 aliphatic heterocycles.